The molecule has 0 radical (unpaired) electrons. The Morgan fingerprint density at radius 3 is 2.53 bits per heavy atom. The minimum absolute atomic E-state index is 0.465. The van der Waals surface area contributed by atoms with E-state index in [4.69, 9.17) is 4.74 Å². The monoisotopic (exact) mass is 264 g/mol. The zero-order chi connectivity index (χ0) is 14.1. The van der Waals surface area contributed by atoms with E-state index in [-0.39, 0.29) is 0 Å². The molecule has 3 nitrogen and oxygen atoms in total. The lowest BCUT2D eigenvalue weighted by Gasteiger charge is -2.21. The molecule has 0 heterocycles. The van der Waals surface area contributed by atoms with Crippen molar-refractivity contribution in [2.45, 2.75) is 33.2 Å². The standard InChI is InChI=1S/C16H28N2O/c1-5-18(6-2)12-11-17-14(3)13-15-9-7-8-10-16(15)19-4/h7-10,14,17H,5-6,11-13H2,1-4H3. The van der Waals surface area contributed by atoms with E-state index < -0.39 is 0 Å². The highest BCUT2D eigenvalue weighted by Crippen LogP contribution is 2.18. The van der Waals surface area contributed by atoms with Crippen molar-refractivity contribution in [2.24, 2.45) is 0 Å². The fourth-order valence-electron chi connectivity index (χ4n) is 2.28. The number of benzene rings is 1. The molecular formula is C16H28N2O. The van der Waals surface area contributed by atoms with Crippen molar-refractivity contribution in [1.82, 2.24) is 10.2 Å². The summed E-state index contributed by atoms with van der Waals surface area (Å²) < 4.78 is 5.39. The lowest BCUT2D eigenvalue weighted by molar-refractivity contribution is 0.297. The topological polar surface area (TPSA) is 24.5 Å². The molecule has 1 N–H and O–H groups in total. The van der Waals surface area contributed by atoms with Crippen molar-refractivity contribution in [3.8, 4) is 5.75 Å². The van der Waals surface area contributed by atoms with E-state index in [9.17, 15) is 0 Å². The highest BCUT2D eigenvalue weighted by atomic mass is 16.5. The van der Waals surface area contributed by atoms with E-state index in [1.165, 1.54) is 5.56 Å². The van der Waals surface area contributed by atoms with Crippen LogP contribution in [0.4, 0.5) is 0 Å². The first-order chi connectivity index (χ1) is 9.21. The Balaban J connectivity index is 2.36. The summed E-state index contributed by atoms with van der Waals surface area (Å²) in [5, 5.41) is 3.58. The molecule has 0 aliphatic heterocycles. The second-order valence-electron chi connectivity index (χ2n) is 4.90. The van der Waals surface area contributed by atoms with Gasteiger partial charge in [0.1, 0.15) is 5.75 Å². The number of rotatable bonds is 9. The van der Waals surface area contributed by atoms with Crippen molar-refractivity contribution < 1.29 is 4.74 Å². The Labute approximate surface area is 118 Å². The molecule has 19 heavy (non-hydrogen) atoms. The van der Waals surface area contributed by atoms with Crippen LogP contribution in [0, 0.1) is 0 Å². The first-order valence-corrected chi connectivity index (χ1v) is 7.28. The number of nitrogens with one attached hydrogen (secondary N) is 1. The number of methoxy groups -OCH3 is 1. The molecule has 0 aromatic heterocycles. The van der Waals surface area contributed by atoms with Gasteiger partial charge < -0.3 is 15.0 Å². The Morgan fingerprint density at radius 2 is 1.89 bits per heavy atom. The van der Waals surface area contributed by atoms with E-state index in [1.54, 1.807) is 7.11 Å². The molecule has 1 aromatic rings. The second kappa shape index (κ2) is 8.94. The highest BCUT2D eigenvalue weighted by molar-refractivity contribution is 5.33. The molecule has 1 aromatic carbocycles. The predicted molar refractivity (Wildman–Crippen MR) is 82.0 cm³/mol. The summed E-state index contributed by atoms with van der Waals surface area (Å²) in [6.07, 6.45) is 1.00. The molecular weight excluding hydrogens is 236 g/mol. The number of hydrogen-bond acceptors (Lipinski definition) is 3. The molecule has 0 fully saturated rings. The van der Waals surface area contributed by atoms with Gasteiger partial charge in [-0.2, -0.15) is 0 Å². The Bertz CT molecular complexity index is 350. The maximum absolute atomic E-state index is 5.39. The van der Waals surface area contributed by atoms with Gasteiger partial charge in [-0.15, -0.1) is 0 Å². The Hall–Kier alpha value is -1.06. The van der Waals surface area contributed by atoms with Gasteiger partial charge in [0.05, 0.1) is 7.11 Å². The van der Waals surface area contributed by atoms with E-state index >= 15 is 0 Å². The summed E-state index contributed by atoms with van der Waals surface area (Å²) >= 11 is 0. The zero-order valence-electron chi connectivity index (χ0n) is 12.8. The Morgan fingerprint density at radius 1 is 1.21 bits per heavy atom. The fraction of sp³-hybridized carbons (Fsp3) is 0.625. The smallest absolute Gasteiger partial charge is 0.122 e. The van der Waals surface area contributed by atoms with Crippen LogP contribution < -0.4 is 10.1 Å². The summed E-state index contributed by atoms with van der Waals surface area (Å²) in [7, 11) is 1.73. The summed E-state index contributed by atoms with van der Waals surface area (Å²) in [4.78, 5) is 2.43. The SMILES string of the molecule is CCN(CC)CCNC(C)Cc1ccccc1OC. The fourth-order valence-corrected chi connectivity index (χ4v) is 2.28. The molecule has 0 saturated heterocycles. The van der Waals surface area contributed by atoms with Crippen LogP contribution in [-0.2, 0) is 6.42 Å². The third-order valence-electron chi connectivity index (χ3n) is 3.53. The number of ether oxygens (including phenoxy) is 1. The van der Waals surface area contributed by atoms with Crippen LogP contribution in [0.3, 0.4) is 0 Å². The largest absolute Gasteiger partial charge is 0.496 e. The average molecular weight is 264 g/mol. The zero-order valence-corrected chi connectivity index (χ0v) is 12.8. The van der Waals surface area contributed by atoms with E-state index in [1.807, 2.05) is 12.1 Å². The van der Waals surface area contributed by atoms with Crippen LogP contribution in [0.15, 0.2) is 24.3 Å². The molecule has 0 amide bonds. The minimum Gasteiger partial charge on any atom is -0.496 e. The number of hydrogen-bond donors (Lipinski definition) is 1. The van der Waals surface area contributed by atoms with Gasteiger partial charge in [0.15, 0.2) is 0 Å². The first kappa shape index (κ1) is 16.0. The molecule has 1 atom stereocenters. The minimum atomic E-state index is 0.465. The predicted octanol–water partition coefficient (Wildman–Crippen LogP) is 2.56. The van der Waals surface area contributed by atoms with Gasteiger partial charge in [-0.1, -0.05) is 32.0 Å². The second-order valence-corrected chi connectivity index (χ2v) is 4.90. The van der Waals surface area contributed by atoms with Crippen LogP contribution in [0.1, 0.15) is 26.3 Å². The van der Waals surface area contributed by atoms with Crippen molar-refractivity contribution in [3.05, 3.63) is 29.8 Å². The molecule has 0 aliphatic carbocycles. The quantitative estimate of drug-likeness (QED) is 0.742. The van der Waals surface area contributed by atoms with Gasteiger partial charge in [-0.3, -0.25) is 0 Å². The maximum Gasteiger partial charge on any atom is 0.122 e. The van der Waals surface area contributed by atoms with Gasteiger partial charge in [-0.25, -0.2) is 0 Å². The molecule has 0 spiro atoms. The summed E-state index contributed by atoms with van der Waals surface area (Å²) in [6.45, 7) is 11.1. The summed E-state index contributed by atoms with van der Waals surface area (Å²) in [5.74, 6) is 0.986. The van der Waals surface area contributed by atoms with Crippen molar-refractivity contribution in [3.63, 3.8) is 0 Å². The summed E-state index contributed by atoms with van der Waals surface area (Å²) in [5.41, 5.74) is 1.27. The van der Waals surface area contributed by atoms with E-state index in [0.717, 1.165) is 38.3 Å². The van der Waals surface area contributed by atoms with Crippen molar-refractivity contribution in [2.75, 3.05) is 33.3 Å². The van der Waals surface area contributed by atoms with E-state index in [2.05, 4.69) is 43.1 Å². The molecule has 0 aliphatic rings. The number of likely N-dealkylation sites (N-methyl/N-ethyl adjacent to an activating group) is 1. The van der Waals surface area contributed by atoms with E-state index in [0.29, 0.717) is 6.04 Å². The van der Waals surface area contributed by atoms with Gasteiger partial charge >= 0.3 is 0 Å². The number of nitrogens with zero attached hydrogens (tertiary/aromatic N) is 1. The molecule has 108 valence electrons. The van der Waals surface area contributed by atoms with Crippen LogP contribution in [0.2, 0.25) is 0 Å². The normalized spacial score (nSPS) is 12.7. The van der Waals surface area contributed by atoms with Gasteiger partial charge in [0.25, 0.3) is 0 Å². The molecule has 1 unspecified atom stereocenters. The maximum atomic E-state index is 5.39. The third kappa shape index (κ3) is 5.62. The molecule has 3 heteroatoms. The lowest BCUT2D eigenvalue weighted by Crippen LogP contribution is -2.36. The van der Waals surface area contributed by atoms with Gasteiger partial charge in [0.2, 0.25) is 0 Å². The lowest BCUT2D eigenvalue weighted by atomic mass is 10.1. The first-order valence-electron chi connectivity index (χ1n) is 7.28. The number of para-hydroxylation sites is 1. The highest BCUT2D eigenvalue weighted by Gasteiger charge is 2.07. The van der Waals surface area contributed by atoms with Crippen molar-refractivity contribution >= 4 is 0 Å². The molecule has 1 rings (SSSR count). The molecule has 0 bridgehead atoms. The average Bonchev–Trinajstić information content (AvgIpc) is 2.44. The van der Waals surface area contributed by atoms with Crippen LogP contribution >= 0.6 is 0 Å². The van der Waals surface area contributed by atoms with Gasteiger partial charge in [-0.05, 0) is 38.1 Å². The van der Waals surface area contributed by atoms with Crippen LogP contribution in [0.25, 0.3) is 0 Å². The van der Waals surface area contributed by atoms with Gasteiger partial charge in [0, 0.05) is 19.1 Å². The summed E-state index contributed by atoms with van der Waals surface area (Å²) in [6, 6.07) is 8.72. The molecule has 0 saturated carbocycles. The van der Waals surface area contributed by atoms with Crippen LogP contribution in [-0.4, -0.2) is 44.2 Å². The third-order valence-corrected chi connectivity index (χ3v) is 3.53. The van der Waals surface area contributed by atoms with Crippen LogP contribution in [0.5, 0.6) is 5.75 Å². The van der Waals surface area contributed by atoms with Crippen molar-refractivity contribution in [1.29, 1.82) is 0 Å². The Kier molecular flexibility index (Phi) is 7.53.